The van der Waals surface area contributed by atoms with Gasteiger partial charge in [0, 0.05) is 33.7 Å². The molecule has 1 saturated heterocycles. The summed E-state index contributed by atoms with van der Waals surface area (Å²) >= 11 is 0. The number of hydrogen-bond donors (Lipinski definition) is 2. The fourth-order valence-electron chi connectivity index (χ4n) is 3.13. The molecule has 0 saturated carbocycles. The van der Waals surface area contributed by atoms with E-state index in [0.29, 0.717) is 26.1 Å². The van der Waals surface area contributed by atoms with Crippen molar-refractivity contribution in [1.82, 2.24) is 24.1 Å². The standard InChI is InChI=1S/C17H23N5O5S/c1-20(2)15(23)11-21-6-3-7-22(9-8-21)28(26,27)12-4-5-14-13(10-12)16(24)19-17(25)18-14/h4-5,10H,3,6-9,11H2,1-2H3,(H2,18,19,24,25). The molecule has 1 fully saturated rings. The highest BCUT2D eigenvalue weighted by Gasteiger charge is 2.28. The van der Waals surface area contributed by atoms with Crippen LogP contribution in [-0.4, -0.2) is 85.2 Å². The zero-order valence-corrected chi connectivity index (χ0v) is 16.6. The van der Waals surface area contributed by atoms with E-state index in [-0.39, 0.29) is 34.8 Å². The van der Waals surface area contributed by atoms with Gasteiger partial charge in [-0.1, -0.05) is 0 Å². The predicted molar refractivity (Wildman–Crippen MR) is 104 cm³/mol. The summed E-state index contributed by atoms with van der Waals surface area (Å²) in [5, 5.41) is 0.105. The minimum absolute atomic E-state index is 0.00429. The van der Waals surface area contributed by atoms with E-state index in [4.69, 9.17) is 0 Å². The molecule has 1 aliphatic heterocycles. The van der Waals surface area contributed by atoms with Crippen LogP contribution in [0.5, 0.6) is 0 Å². The Morgan fingerprint density at radius 3 is 2.57 bits per heavy atom. The van der Waals surface area contributed by atoms with Crippen LogP contribution in [0.4, 0.5) is 0 Å². The Morgan fingerprint density at radius 2 is 1.86 bits per heavy atom. The van der Waals surface area contributed by atoms with E-state index in [1.807, 2.05) is 4.90 Å². The summed E-state index contributed by atoms with van der Waals surface area (Å²) in [4.78, 5) is 43.2. The number of rotatable bonds is 4. The van der Waals surface area contributed by atoms with Crippen LogP contribution < -0.4 is 11.2 Å². The number of amides is 1. The van der Waals surface area contributed by atoms with Gasteiger partial charge in [-0.3, -0.25) is 19.5 Å². The van der Waals surface area contributed by atoms with Gasteiger partial charge in [0.25, 0.3) is 5.56 Å². The van der Waals surface area contributed by atoms with Crippen LogP contribution in [0.1, 0.15) is 6.42 Å². The van der Waals surface area contributed by atoms with Crippen molar-refractivity contribution in [2.24, 2.45) is 0 Å². The van der Waals surface area contributed by atoms with Gasteiger partial charge in [0.15, 0.2) is 0 Å². The third-order valence-electron chi connectivity index (χ3n) is 4.75. The van der Waals surface area contributed by atoms with Crippen molar-refractivity contribution in [3.63, 3.8) is 0 Å². The second kappa shape index (κ2) is 7.86. The van der Waals surface area contributed by atoms with Crippen LogP contribution in [0.25, 0.3) is 10.9 Å². The van der Waals surface area contributed by atoms with Crippen molar-refractivity contribution in [3.05, 3.63) is 39.0 Å². The molecule has 152 valence electrons. The minimum Gasteiger partial charge on any atom is -0.348 e. The van der Waals surface area contributed by atoms with Crippen molar-refractivity contribution in [3.8, 4) is 0 Å². The first-order valence-corrected chi connectivity index (χ1v) is 10.3. The summed E-state index contributed by atoms with van der Waals surface area (Å²) in [7, 11) is -0.433. The van der Waals surface area contributed by atoms with E-state index < -0.39 is 21.3 Å². The first-order valence-electron chi connectivity index (χ1n) is 8.87. The molecule has 1 aliphatic rings. The van der Waals surface area contributed by atoms with Gasteiger partial charge < -0.3 is 9.88 Å². The molecule has 11 heteroatoms. The largest absolute Gasteiger partial charge is 0.348 e. The topological polar surface area (TPSA) is 127 Å². The average Bonchev–Trinajstić information content (AvgIpc) is 2.87. The van der Waals surface area contributed by atoms with Crippen molar-refractivity contribution in [2.75, 3.05) is 46.8 Å². The fraction of sp³-hybridized carbons (Fsp3) is 0.471. The zero-order chi connectivity index (χ0) is 20.5. The lowest BCUT2D eigenvalue weighted by Crippen LogP contribution is -2.39. The molecule has 0 atom stereocenters. The minimum atomic E-state index is -3.81. The van der Waals surface area contributed by atoms with E-state index in [0.717, 1.165) is 0 Å². The maximum atomic E-state index is 13.0. The number of hydrogen-bond acceptors (Lipinski definition) is 6. The fourth-order valence-corrected chi connectivity index (χ4v) is 4.63. The van der Waals surface area contributed by atoms with Gasteiger partial charge in [0.1, 0.15) is 0 Å². The van der Waals surface area contributed by atoms with Crippen molar-refractivity contribution >= 4 is 26.8 Å². The Bertz CT molecular complexity index is 1100. The van der Waals surface area contributed by atoms with Crippen LogP contribution in [0.2, 0.25) is 0 Å². The summed E-state index contributed by atoms with van der Waals surface area (Å²) in [5.74, 6) is -0.0287. The molecule has 0 aliphatic carbocycles. The van der Waals surface area contributed by atoms with Crippen LogP contribution in [0.3, 0.4) is 0 Å². The molecule has 10 nitrogen and oxygen atoms in total. The zero-order valence-electron chi connectivity index (χ0n) is 15.8. The van der Waals surface area contributed by atoms with E-state index in [1.165, 1.54) is 27.4 Å². The maximum Gasteiger partial charge on any atom is 0.326 e. The van der Waals surface area contributed by atoms with Gasteiger partial charge in [0.05, 0.1) is 22.3 Å². The highest BCUT2D eigenvalue weighted by atomic mass is 32.2. The third-order valence-corrected chi connectivity index (χ3v) is 6.65. The monoisotopic (exact) mass is 409 g/mol. The van der Waals surface area contributed by atoms with E-state index in [2.05, 4.69) is 9.97 Å². The molecular weight excluding hydrogens is 386 g/mol. The molecule has 1 amide bonds. The number of H-pyrrole nitrogens is 2. The second-order valence-electron chi connectivity index (χ2n) is 6.94. The lowest BCUT2D eigenvalue weighted by Gasteiger charge is -2.22. The van der Waals surface area contributed by atoms with E-state index in [1.54, 1.807) is 14.1 Å². The average molecular weight is 409 g/mol. The molecule has 1 aromatic carbocycles. The number of aromatic nitrogens is 2. The second-order valence-corrected chi connectivity index (χ2v) is 8.88. The number of fused-ring (bicyclic) bond motifs is 1. The highest BCUT2D eigenvalue weighted by molar-refractivity contribution is 7.89. The quantitative estimate of drug-likeness (QED) is 0.667. The van der Waals surface area contributed by atoms with Gasteiger partial charge in [-0.2, -0.15) is 4.31 Å². The molecule has 0 bridgehead atoms. The number of aromatic amines is 2. The molecule has 2 N–H and O–H groups in total. The van der Waals surface area contributed by atoms with Gasteiger partial charge in [-0.15, -0.1) is 0 Å². The molecule has 1 aromatic heterocycles. The highest BCUT2D eigenvalue weighted by Crippen LogP contribution is 2.20. The summed E-state index contributed by atoms with van der Waals surface area (Å²) < 4.78 is 27.5. The SMILES string of the molecule is CN(C)C(=O)CN1CCCN(S(=O)(=O)c2ccc3[nH]c(=O)[nH]c(=O)c3c2)CC1. The first kappa shape index (κ1) is 20.2. The van der Waals surface area contributed by atoms with Crippen LogP contribution >= 0.6 is 0 Å². The number of carbonyl (C=O) groups excluding carboxylic acids is 1. The van der Waals surface area contributed by atoms with Crippen LogP contribution in [0.15, 0.2) is 32.7 Å². The lowest BCUT2D eigenvalue weighted by molar-refractivity contribution is -0.129. The first-order chi connectivity index (χ1) is 13.2. The van der Waals surface area contributed by atoms with E-state index in [9.17, 15) is 22.8 Å². The number of benzene rings is 1. The Hall–Kier alpha value is -2.50. The summed E-state index contributed by atoms with van der Waals surface area (Å²) in [5.41, 5.74) is -1.01. The number of nitrogens with one attached hydrogen (secondary N) is 2. The molecule has 28 heavy (non-hydrogen) atoms. The Kier molecular flexibility index (Phi) is 5.68. The summed E-state index contributed by atoms with van der Waals surface area (Å²) in [6, 6.07) is 4.07. The van der Waals surface area contributed by atoms with Crippen molar-refractivity contribution in [1.29, 1.82) is 0 Å². The molecule has 0 unspecified atom stereocenters. The van der Waals surface area contributed by atoms with E-state index >= 15 is 0 Å². The van der Waals surface area contributed by atoms with Gasteiger partial charge >= 0.3 is 5.69 Å². The van der Waals surface area contributed by atoms with Crippen molar-refractivity contribution < 1.29 is 13.2 Å². The summed E-state index contributed by atoms with van der Waals surface area (Å²) in [6.45, 7) is 1.90. The Morgan fingerprint density at radius 1 is 1.11 bits per heavy atom. The Labute approximate surface area is 161 Å². The molecule has 0 spiro atoms. The summed E-state index contributed by atoms with van der Waals surface area (Å²) in [6.07, 6.45) is 0.599. The number of sulfonamides is 1. The third kappa shape index (κ3) is 4.16. The number of likely N-dealkylation sites (N-methyl/N-ethyl adjacent to an activating group) is 1. The number of carbonyl (C=O) groups is 1. The van der Waals surface area contributed by atoms with Crippen LogP contribution in [0, 0.1) is 0 Å². The normalized spacial score (nSPS) is 16.8. The number of nitrogens with zero attached hydrogens (tertiary/aromatic N) is 3. The molecular formula is C17H23N5O5S. The van der Waals surface area contributed by atoms with Crippen molar-refractivity contribution in [2.45, 2.75) is 11.3 Å². The molecule has 2 aromatic rings. The Balaban J connectivity index is 1.83. The lowest BCUT2D eigenvalue weighted by atomic mass is 10.2. The van der Waals surface area contributed by atoms with Gasteiger partial charge in [0.2, 0.25) is 15.9 Å². The van der Waals surface area contributed by atoms with Gasteiger partial charge in [-0.25, -0.2) is 13.2 Å². The molecule has 0 radical (unpaired) electrons. The predicted octanol–water partition coefficient (Wildman–Crippen LogP) is -0.999. The maximum absolute atomic E-state index is 13.0. The molecule has 3 rings (SSSR count). The van der Waals surface area contributed by atoms with Gasteiger partial charge in [-0.05, 0) is 31.2 Å². The smallest absolute Gasteiger partial charge is 0.326 e. The van der Waals surface area contributed by atoms with Crippen LogP contribution in [-0.2, 0) is 14.8 Å². The molecule has 2 heterocycles.